The number of carboxylic acid groups (broad SMARTS) is 1. The number of aromatic amines is 2. The molecule has 2 aromatic heterocycles. The van der Waals surface area contributed by atoms with Gasteiger partial charge in [0, 0.05) is 0 Å². The lowest BCUT2D eigenvalue weighted by molar-refractivity contribution is -0.145. The topological polar surface area (TPSA) is 121 Å². The molecule has 0 unspecified atom stereocenters. The summed E-state index contributed by atoms with van der Waals surface area (Å²) in [5.74, 6) is -1.11. The standard InChI is InChI=1S/C9H10N4O4/c1-9(2,7(15)16)13-3-10-5-4(13)6(14)12-8(17)11-5/h3H,1-2H3,(H,15,16)(H2,11,12,14,17). The number of imidazole rings is 1. The fraction of sp³-hybridized carbons (Fsp3) is 0.333. The van der Waals surface area contributed by atoms with Crippen molar-refractivity contribution in [1.29, 1.82) is 0 Å². The Morgan fingerprint density at radius 1 is 1.41 bits per heavy atom. The normalized spacial score (nSPS) is 11.9. The molecule has 17 heavy (non-hydrogen) atoms. The third-order valence-corrected chi connectivity index (χ3v) is 2.57. The van der Waals surface area contributed by atoms with Crippen LogP contribution < -0.4 is 11.2 Å². The summed E-state index contributed by atoms with van der Waals surface area (Å²) >= 11 is 0. The number of hydrogen-bond acceptors (Lipinski definition) is 4. The molecule has 2 heterocycles. The zero-order valence-corrected chi connectivity index (χ0v) is 9.14. The lowest BCUT2D eigenvalue weighted by Crippen LogP contribution is -2.37. The van der Waals surface area contributed by atoms with Gasteiger partial charge in [0.1, 0.15) is 5.54 Å². The number of nitrogens with zero attached hydrogens (tertiary/aromatic N) is 2. The van der Waals surface area contributed by atoms with E-state index in [1.165, 1.54) is 24.7 Å². The molecule has 0 saturated carbocycles. The van der Waals surface area contributed by atoms with E-state index in [2.05, 4.69) is 9.97 Å². The Bertz CT molecular complexity index is 706. The molecule has 2 rings (SSSR count). The summed E-state index contributed by atoms with van der Waals surface area (Å²) in [6.07, 6.45) is 1.21. The molecule has 0 spiro atoms. The maximum absolute atomic E-state index is 11.6. The van der Waals surface area contributed by atoms with Crippen molar-refractivity contribution in [3.63, 3.8) is 0 Å². The molecule has 2 aromatic rings. The third kappa shape index (κ3) is 1.53. The Morgan fingerprint density at radius 2 is 2.06 bits per heavy atom. The lowest BCUT2D eigenvalue weighted by atomic mass is 10.1. The quantitative estimate of drug-likeness (QED) is 0.634. The van der Waals surface area contributed by atoms with E-state index >= 15 is 0 Å². The molecule has 0 aliphatic heterocycles. The molecule has 0 amide bonds. The predicted octanol–water partition coefficient (Wildman–Crippen LogP) is -0.767. The number of fused-ring (bicyclic) bond motifs is 1. The number of H-pyrrole nitrogens is 2. The van der Waals surface area contributed by atoms with Crippen LogP contribution in [0.4, 0.5) is 0 Å². The minimum absolute atomic E-state index is 0.0250. The summed E-state index contributed by atoms with van der Waals surface area (Å²) in [4.78, 5) is 41.9. The van der Waals surface area contributed by atoms with Crippen molar-refractivity contribution in [2.75, 3.05) is 0 Å². The average molecular weight is 238 g/mol. The first-order chi connectivity index (χ1) is 7.84. The van der Waals surface area contributed by atoms with E-state index in [1.54, 1.807) is 0 Å². The summed E-state index contributed by atoms with van der Waals surface area (Å²) < 4.78 is 1.21. The van der Waals surface area contributed by atoms with Gasteiger partial charge in [-0.05, 0) is 13.8 Å². The molecular formula is C9H10N4O4. The molecule has 0 aromatic carbocycles. The van der Waals surface area contributed by atoms with Gasteiger partial charge in [-0.2, -0.15) is 0 Å². The highest BCUT2D eigenvalue weighted by Crippen LogP contribution is 2.18. The molecule has 8 nitrogen and oxygen atoms in total. The summed E-state index contributed by atoms with van der Waals surface area (Å²) in [5.41, 5.74) is -2.60. The monoisotopic (exact) mass is 238 g/mol. The van der Waals surface area contributed by atoms with Crippen LogP contribution in [0, 0.1) is 0 Å². The molecule has 0 radical (unpaired) electrons. The molecule has 8 heteroatoms. The second-order valence-electron chi connectivity index (χ2n) is 4.08. The largest absolute Gasteiger partial charge is 0.480 e. The molecular weight excluding hydrogens is 228 g/mol. The number of carboxylic acids is 1. The van der Waals surface area contributed by atoms with Crippen molar-refractivity contribution in [3.05, 3.63) is 27.2 Å². The number of nitrogens with one attached hydrogen (secondary N) is 2. The first kappa shape index (κ1) is 11.1. The van der Waals surface area contributed by atoms with E-state index in [9.17, 15) is 14.4 Å². The Labute approximate surface area is 93.9 Å². The van der Waals surface area contributed by atoms with E-state index in [0.717, 1.165) is 0 Å². The first-order valence-corrected chi connectivity index (χ1v) is 4.77. The Kier molecular flexibility index (Phi) is 2.16. The van der Waals surface area contributed by atoms with Crippen LogP contribution in [0.15, 0.2) is 15.9 Å². The average Bonchev–Trinajstić information content (AvgIpc) is 2.61. The van der Waals surface area contributed by atoms with Gasteiger partial charge in [0.2, 0.25) is 0 Å². The molecule has 3 N–H and O–H groups in total. The maximum atomic E-state index is 11.6. The van der Waals surface area contributed by atoms with Gasteiger partial charge < -0.3 is 9.67 Å². The number of hydrogen-bond donors (Lipinski definition) is 3. The van der Waals surface area contributed by atoms with Gasteiger partial charge in [-0.15, -0.1) is 0 Å². The van der Waals surface area contributed by atoms with E-state index < -0.39 is 22.8 Å². The van der Waals surface area contributed by atoms with Gasteiger partial charge in [0.25, 0.3) is 5.56 Å². The van der Waals surface area contributed by atoms with Crippen molar-refractivity contribution in [2.45, 2.75) is 19.4 Å². The molecule has 0 fully saturated rings. The molecule has 0 saturated heterocycles. The van der Waals surface area contributed by atoms with Crippen LogP contribution in [0.25, 0.3) is 11.2 Å². The van der Waals surface area contributed by atoms with Crippen LogP contribution >= 0.6 is 0 Å². The van der Waals surface area contributed by atoms with Crippen molar-refractivity contribution in [2.24, 2.45) is 0 Å². The summed E-state index contributed by atoms with van der Waals surface area (Å²) in [5, 5.41) is 9.09. The van der Waals surface area contributed by atoms with Gasteiger partial charge >= 0.3 is 11.7 Å². The van der Waals surface area contributed by atoms with Crippen LogP contribution in [0.5, 0.6) is 0 Å². The second kappa shape index (κ2) is 3.30. The van der Waals surface area contributed by atoms with Crippen molar-refractivity contribution in [1.82, 2.24) is 19.5 Å². The van der Waals surface area contributed by atoms with Crippen LogP contribution in [-0.2, 0) is 10.3 Å². The zero-order valence-electron chi connectivity index (χ0n) is 9.14. The number of aliphatic carboxylic acids is 1. The van der Waals surface area contributed by atoms with Crippen LogP contribution in [0.3, 0.4) is 0 Å². The van der Waals surface area contributed by atoms with E-state index in [-0.39, 0.29) is 11.2 Å². The van der Waals surface area contributed by atoms with Crippen molar-refractivity contribution >= 4 is 17.1 Å². The summed E-state index contributed by atoms with van der Waals surface area (Å²) in [6.45, 7) is 2.86. The van der Waals surface area contributed by atoms with Crippen molar-refractivity contribution < 1.29 is 9.90 Å². The molecule has 90 valence electrons. The van der Waals surface area contributed by atoms with Gasteiger partial charge in [0.05, 0.1) is 6.33 Å². The molecule has 0 bridgehead atoms. The van der Waals surface area contributed by atoms with Crippen LogP contribution in [0.2, 0.25) is 0 Å². The fourth-order valence-corrected chi connectivity index (χ4v) is 1.48. The first-order valence-electron chi connectivity index (χ1n) is 4.77. The highest BCUT2D eigenvalue weighted by molar-refractivity contribution is 5.79. The minimum Gasteiger partial charge on any atom is -0.480 e. The summed E-state index contributed by atoms with van der Waals surface area (Å²) in [6, 6.07) is 0. The second-order valence-corrected chi connectivity index (χ2v) is 4.08. The molecule has 0 atom stereocenters. The van der Waals surface area contributed by atoms with Crippen LogP contribution in [0.1, 0.15) is 13.8 Å². The SMILES string of the molecule is CC(C)(C(=O)O)n1cnc2[nH]c(=O)[nH]c(=O)c21. The maximum Gasteiger partial charge on any atom is 0.329 e. The predicted molar refractivity (Wildman–Crippen MR) is 57.9 cm³/mol. The van der Waals surface area contributed by atoms with Gasteiger partial charge in [-0.1, -0.05) is 0 Å². The Hall–Kier alpha value is -2.38. The fourth-order valence-electron chi connectivity index (χ4n) is 1.48. The van der Waals surface area contributed by atoms with E-state index in [0.29, 0.717) is 0 Å². The summed E-state index contributed by atoms with van der Waals surface area (Å²) in [7, 11) is 0. The smallest absolute Gasteiger partial charge is 0.329 e. The number of aromatic nitrogens is 4. The Morgan fingerprint density at radius 3 is 2.65 bits per heavy atom. The highest BCUT2D eigenvalue weighted by atomic mass is 16.4. The number of carbonyl (C=O) groups is 1. The van der Waals surface area contributed by atoms with Gasteiger partial charge in [-0.25, -0.2) is 14.6 Å². The van der Waals surface area contributed by atoms with Gasteiger partial charge in [-0.3, -0.25) is 14.8 Å². The molecule has 0 aliphatic carbocycles. The minimum atomic E-state index is -1.33. The van der Waals surface area contributed by atoms with E-state index in [4.69, 9.17) is 5.11 Å². The third-order valence-electron chi connectivity index (χ3n) is 2.57. The van der Waals surface area contributed by atoms with E-state index in [1.807, 2.05) is 4.98 Å². The van der Waals surface area contributed by atoms with Crippen molar-refractivity contribution in [3.8, 4) is 0 Å². The van der Waals surface area contributed by atoms with Gasteiger partial charge in [0.15, 0.2) is 11.2 Å². The molecule has 0 aliphatic rings. The van der Waals surface area contributed by atoms with Crippen LogP contribution in [-0.4, -0.2) is 30.6 Å². The lowest BCUT2D eigenvalue weighted by Gasteiger charge is -2.21. The highest BCUT2D eigenvalue weighted by Gasteiger charge is 2.31. The Balaban J connectivity index is 2.87. The zero-order chi connectivity index (χ0) is 12.8. The number of rotatable bonds is 2.